The van der Waals surface area contributed by atoms with Gasteiger partial charge in [0.15, 0.2) is 0 Å². The molecular weight excluding hydrogens is 366 g/mol. The van der Waals surface area contributed by atoms with Crippen LogP contribution in [0.3, 0.4) is 0 Å². The lowest BCUT2D eigenvalue weighted by atomic mass is 9.95. The van der Waals surface area contributed by atoms with Gasteiger partial charge in [0, 0.05) is 9.75 Å². The number of carbonyl (C=O) groups excluding carboxylic acids is 2. The fourth-order valence-corrected chi connectivity index (χ4v) is 5.25. The predicted molar refractivity (Wildman–Crippen MR) is 108 cm³/mol. The molecule has 4 nitrogen and oxygen atoms in total. The third-order valence-electron chi connectivity index (χ3n) is 4.88. The number of hydrogen-bond donors (Lipinski definition) is 1. The highest BCUT2D eigenvalue weighted by Gasteiger charge is 2.28. The standard InChI is InChI=1S/C20H25NO3S2/c1-5-12(3)24-20(23)17-14-8-6-7-9-15(14)26-19(17)21-18(22)16-10-11(2)13(4)25-16/h10,12H,5-9H2,1-4H3,(H,21,22)/t12-/m1/s1. The van der Waals surface area contributed by atoms with Gasteiger partial charge in [-0.3, -0.25) is 4.79 Å². The van der Waals surface area contributed by atoms with Crippen molar-refractivity contribution < 1.29 is 14.3 Å². The van der Waals surface area contributed by atoms with Gasteiger partial charge in [0.05, 0.1) is 16.5 Å². The second kappa shape index (κ2) is 7.92. The van der Waals surface area contributed by atoms with Gasteiger partial charge in [0.1, 0.15) is 5.00 Å². The Balaban J connectivity index is 1.91. The van der Waals surface area contributed by atoms with E-state index in [0.29, 0.717) is 15.4 Å². The Morgan fingerprint density at radius 3 is 2.62 bits per heavy atom. The molecule has 0 aromatic carbocycles. The van der Waals surface area contributed by atoms with Crippen molar-refractivity contribution in [1.82, 2.24) is 0 Å². The summed E-state index contributed by atoms with van der Waals surface area (Å²) in [5, 5.41) is 3.62. The second-order valence-electron chi connectivity index (χ2n) is 6.84. The van der Waals surface area contributed by atoms with Crippen molar-refractivity contribution in [2.75, 3.05) is 5.32 Å². The third kappa shape index (κ3) is 3.86. The quantitative estimate of drug-likeness (QED) is 0.684. The molecule has 1 aliphatic rings. The number of amides is 1. The first-order valence-electron chi connectivity index (χ1n) is 9.14. The lowest BCUT2D eigenvalue weighted by Crippen LogP contribution is -2.18. The molecular formula is C20H25NO3S2. The molecule has 0 aliphatic heterocycles. The van der Waals surface area contributed by atoms with E-state index in [1.807, 2.05) is 33.8 Å². The van der Waals surface area contributed by atoms with Gasteiger partial charge in [0.2, 0.25) is 0 Å². The second-order valence-corrected chi connectivity index (χ2v) is 9.20. The minimum absolute atomic E-state index is 0.132. The number of nitrogens with one attached hydrogen (secondary N) is 1. The molecule has 2 aromatic rings. The molecule has 0 unspecified atom stereocenters. The Morgan fingerprint density at radius 1 is 1.23 bits per heavy atom. The zero-order valence-corrected chi connectivity index (χ0v) is 17.4. The van der Waals surface area contributed by atoms with Crippen LogP contribution in [-0.4, -0.2) is 18.0 Å². The summed E-state index contributed by atoms with van der Waals surface area (Å²) in [5.41, 5.74) is 2.76. The van der Waals surface area contributed by atoms with Crippen LogP contribution in [0.2, 0.25) is 0 Å². The molecule has 0 fully saturated rings. The van der Waals surface area contributed by atoms with Gasteiger partial charge in [-0.2, -0.15) is 0 Å². The molecule has 1 N–H and O–H groups in total. The fraction of sp³-hybridized carbons (Fsp3) is 0.500. The highest BCUT2D eigenvalue weighted by atomic mass is 32.1. The molecule has 2 heterocycles. The average molecular weight is 392 g/mol. The van der Waals surface area contributed by atoms with Crippen LogP contribution in [0.1, 0.15) is 74.0 Å². The number of esters is 1. The van der Waals surface area contributed by atoms with Crippen LogP contribution in [0.15, 0.2) is 6.07 Å². The molecule has 0 bridgehead atoms. The zero-order valence-electron chi connectivity index (χ0n) is 15.7. The van der Waals surface area contributed by atoms with E-state index in [9.17, 15) is 9.59 Å². The third-order valence-corrected chi connectivity index (χ3v) is 7.23. The zero-order chi connectivity index (χ0) is 18.8. The molecule has 3 rings (SSSR count). The fourth-order valence-electron chi connectivity index (χ4n) is 3.04. The number of aryl methyl sites for hydroxylation is 3. The highest BCUT2D eigenvalue weighted by Crippen LogP contribution is 2.39. The Bertz CT molecular complexity index is 815. The minimum atomic E-state index is -0.312. The van der Waals surface area contributed by atoms with Crippen LogP contribution in [0.25, 0.3) is 0 Å². The van der Waals surface area contributed by atoms with Gasteiger partial charge in [-0.15, -0.1) is 22.7 Å². The normalized spacial score (nSPS) is 14.6. The minimum Gasteiger partial charge on any atom is -0.459 e. The maximum absolute atomic E-state index is 12.8. The van der Waals surface area contributed by atoms with Crippen molar-refractivity contribution in [1.29, 1.82) is 0 Å². The first-order valence-corrected chi connectivity index (χ1v) is 10.8. The lowest BCUT2D eigenvalue weighted by Gasteiger charge is -2.15. The average Bonchev–Trinajstić information content (AvgIpc) is 3.14. The number of rotatable bonds is 5. The first-order chi connectivity index (χ1) is 12.4. The molecule has 140 valence electrons. The summed E-state index contributed by atoms with van der Waals surface area (Å²) >= 11 is 3.01. The highest BCUT2D eigenvalue weighted by molar-refractivity contribution is 7.17. The van der Waals surface area contributed by atoms with Gasteiger partial charge in [0.25, 0.3) is 5.91 Å². The maximum Gasteiger partial charge on any atom is 0.341 e. The van der Waals surface area contributed by atoms with E-state index in [1.165, 1.54) is 27.6 Å². The maximum atomic E-state index is 12.8. The largest absolute Gasteiger partial charge is 0.459 e. The molecule has 2 aromatic heterocycles. The monoisotopic (exact) mass is 391 g/mol. The van der Waals surface area contributed by atoms with Crippen molar-refractivity contribution in [3.05, 3.63) is 37.4 Å². The summed E-state index contributed by atoms with van der Waals surface area (Å²) in [7, 11) is 0. The van der Waals surface area contributed by atoms with E-state index in [1.54, 1.807) is 0 Å². The molecule has 6 heteroatoms. The van der Waals surface area contributed by atoms with Gasteiger partial charge in [-0.1, -0.05) is 6.92 Å². The van der Waals surface area contributed by atoms with Crippen molar-refractivity contribution in [2.45, 2.75) is 65.9 Å². The molecule has 1 aliphatic carbocycles. The molecule has 1 atom stereocenters. The number of hydrogen-bond acceptors (Lipinski definition) is 5. The van der Waals surface area contributed by atoms with Crippen LogP contribution < -0.4 is 5.32 Å². The number of ether oxygens (including phenoxy) is 1. The van der Waals surface area contributed by atoms with Crippen molar-refractivity contribution >= 4 is 39.6 Å². The van der Waals surface area contributed by atoms with E-state index in [-0.39, 0.29) is 18.0 Å². The van der Waals surface area contributed by atoms with E-state index in [0.717, 1.165) is 48.1 Å². The number of anilines is 1. The van der Waals surface area contributed by atoms with Crippen LogP contribution in [0.4, 0.5) is 5.00 Å². The molecule has 26 heavy (non-hydrogen) atoms. The Labute approximate surface area is 162 Å². The van der Waals surface area contributed by atoms with E-state index < -0.39 is 0 Å². The number of fused-ring (bicyclic) bond motifs is 1. The van der Waals surface area contributed by atoms with Crippen molar-refractivity contribution in [3.63, 3.8) is 0 Å². The van der Waals surface area contributed by atoms with Gasteiger partial charge in [-0.25, -0.2) is 4.79 Å². The lowest BCUT2D eigenvalue weighted by molar-refractivity contribution is 0.0335. The molecule has 0 saturated heterocycles. The summed E-state index contributed by atoms with van der Waals surface area (Å²) < 4.78 is 5.58. The summed E-state index contributed by atoms with van der Waals surface area (Å²) in [6, 6.07) is 1.90. The van der Waals surface area contributed by atoms with Gasteiger partial charge in [-0.05, 0) is 70.1 Å². The SMILES string of the molecule is CC[C@@H](C)OC(=O)c1c(NC(=O)c2cc(C)c(C)s2)sc2c1CCCC2. The van der Waals surface area contributed by atoms with Crippen LogP contribution in [0, 0.1) is 13.8 Å². The van der Waals surface area contributed by atoms with Crippen LogP contribution in [0.5, 0.6) is 0 Å². The van der Waals surface area contributed by atoms with Crippen molar-refractivity contribution in [2.24, 2.45) is 0 Å². The Hall–Kier alpha value is -1.66. The Morgan fingerprint density at radius 2 is 1.96 bits per heavy atom. The number of carbonyl (C=O) groups is 2. The Kier molecular flexibility index (Phi) is 5.82. The summed E-state index contributed by atoms with van der Waals surface area (Å²) in [5.74, 6) is -0.463. The van der Waals surface area contributed by atoms with E-state index >= 15 is 0 Å². The summed E-state index contributed by atoms with van der Waals surface area (Å²) in [4.78, 5) is 28.5. The molecule has 0 spiro atoms. The van der Waals surface area contributed by atoms with Crippen molar-refractivity contribution in [3.8, 4) is 0 Å². The van der Waals surface area contributed by atoms with Gasteiger partial charge < -0.3 is 10.1 Å². The predicted octanol–water partition coefficient (Wildman–Crippen LogP) is 5.51. The molecule has 0 radical (unpaired) electrons. The topological polar surface area (TPSA) is 55.4 Å². The van der Waals surface area contributed by atoms with E-state index in [2.05, 4.69) is 5.32 Å². The van der Waals surface area contributed by atoms with Crippen LogP contribution in [-0.2, 0) is 17.6 Å². The van der Waals surface area contributed by atoms with Gasteiger partial charge >= 0.3 is 5.97 Å². The van der Waals surface area contributed by atoms with Crippen LogP contribution >= 0.6 is 22.7 Å². The molecule has 1 amide bonds. The molecule has 0 saturated carbocycles. The van der Waals surface area contributed by atoms with E-state index in [4.69, 9.17) is 4.74 Å². The number of thiophene rings is 2. The first kappa shape index (κ1) is 19.1. The summed E-state index contributed by atoms with van der Waals surface area (Å²) in [6.45, 7) is 7.90. The smallest absolute Gasteiger partial charge is 0.341 e. The summed E-state index contributed by atoms with van der Waals surface area (Å²) in [6.07, 6.45) is 4.69.